The lowest BCUT2D eigenvalue weighted by molar-refractivity contribution is -0.384. The van der Waals surface area contributed by atoms with E-state index in [1.165, 1.54) is 17.1 Å². The first-order valence-electron chi connectivity index (χ1n) is 8.11. The predicted octanol–water partition coefficient (Wildman–Crippen LogP) is 3.39. The molecule has 1 amide bonds. The van der Waals surface area contributed by atoms with Crippen LogP contribution in [0, 0.1) is 10.1 Å². The van der Waals surface area contributed by atoms with Gasteiger partial charge in [-0.1, -0.05) is 18.2 Å². The maximum atomic E-state index is 12.7. The summed E-state index contributed by atoms with van der Waals surface area (Å²) in [6.07, 6.45) is 2.16. The van der Waals surface area contributed by atoms with Crippen molar-refractivity contribution in [3.05, 3.63) is 82.0 Å². The van der Waals surface area contributed by atoms with Crippen molar-refractivity contribution in [3.63, 3.8) is 0 Å². The Morgan fingerprint density at radius 1 is 1.12 bits per heavy atom. The normalized spacial score (nSPS) is 13.7. The van der Waals surface area contributed by atoms with Gasteiger partial charge in [0.2, 0.25) is 0 Å². The lowest BCUT2D eigenvalue weighted by atomic mass is 10.1. The third-order valence-electron chi connectivity index (χ3n) is 4.29. The maximum absolute atomic E-state index is 12.7. The van der Waals surface area contributed by atoms with Crippen molar-refractivity contribution in [1.29, 1.82) is 0 Å². The number of carbonyl (C=O) groups excluding carboxylic acids is 1. The highest BCUT2D eigenvalue weighted by atomic mass is 16.6. The van der Waals surface area contributed by atoms with E-state index in [1.54, 1.807) is 18.3 Å². The SMILES string of the molecule is O=C(c1cnc2ccccc2c1)N1CCC(c2ccc([N+](=O)[O-])cc2)=N1. The number of amides is 1. The minimum atomic E-state index is -0.442. The quantitative estimate of drug-likeness (QED) is 0.537. The monoisotopic (exact) mass is 346 g/mol. The zero-order valence-electron chi connectivity index (χ0n) is 13.7. The van der Waals surface area contributed by atoms with Gasteiger partial charge in [-0.15, -0.1) is 0 Å². The fourth-order valence-corrected chi connectivity index (χ4v) is 2.92. The van der Waals surface area contributed by atoms with Crippen LogP contribution < -0.4 is 0 Å². The Morgan fingerprint density at radius 2 is 1.88 bits per heavy atom. The van der Waals surface area contributed by atoms with Crippen molar-refractivity contribution < 1.29 is 9.72 Å². The smallest absolute Gasteiger partial charge is 0.267 e. The molecular formula is C19H14N4O3. The largest absolute Gasteiger partial charge is 0.275 e. The molecule has 0 bridgehead atoms. The molecule has 1 aromatic heterocycles. The maximum Gasteiger partial charge on any atom is 0.275 e. The van der Waals surface area contributed by atoms with E-state index < -0.39 is 4.92 Å². The van der Waals surface area contributed by atoms with Crippen molar-refractivity contribution in [1.82, 2.24) is 9.99 Å². The molecule has 0 unspecified atom stereocenters. The molecule has 3 aromatic rings. The van der Waals surface area contributed by atoms with Gasteiger partial charge < -0.3 is 0 Å². The molecule has 0 spiro atoms. The number of hydrogen-bond acceptors (Lipinski definition) is 5. The number of fused-ring (bicyclic) bond motifs is 1. The Labute approximate surface area is 148 Å². The van der Waals surface area contributed by atoms with Gasteiger partial charge in [-0.3, -0.25) is 19.9 Å². The van der Waals surface area contributed by atoms with Crippen molar-refractivity contribution in [3.8, 4) is 0 Å². The Balaban J connectivity index is 1.58. The minimum Gasteiger partial charge on any atom is -0.267 e. The number of pyridine rings is 1. The summed E-state index contributed by atoms with van der Waals surface area (Å²) >= 11 is 0. The third-order valence-corrected chi connectivity index (χ3v) is 4.29. The molecule has 0 saturated carbocycles. The van der Waals surface area contributed by atoms with Crippen LogP contribution in [0.1, 0.15) is 22.3 Å². The molecule has 7 nitrogen and oxygen atoms in total. The van der Waals surface area contributed by atoms with Crippen molar-refractivity contribution in [2.45, 2.75) is 6.42 Å². The molecule has 1 aliphatic rings. The number of non-ortho nitro benzene ring substituents is 1. The van der Waals surface area contributed by atoms with Crippen LogP contribution >= 0.6 is 0 Å². The summed E-state index contributed by atoms with van der Waals surface area (Å²) in [5, 5.41) is 17.5. The van der Waals surface area contributed by atoms with E-state index in [2.05, 4.69) is 10.1 Å². The number of hydrazone groups is 1. The first-order valence-corrected chi connectivity index (χ1v) is 8.11. The number of nitro groups is 1. The van der Waals surface area contributed by atoms with Gasteiger partial charge in [0.15, 0.2) is 0 Å². The van der Waals surface area contributed by atoms with Crippen LogP contribution in [0.4, 0.5) is 5.69 Å². The van der Waals surface area contributed by atoms with Gasteiger partial charge in [-0.05, 0) is 29.8 Å². The van der Waals surface area contributed by atoms with Gasteiger partial charge in [-0.2, -0.15) is 5.10 Å². The summed E-state index contributed by atoms with van der Waals surface area (Å²) in [7, 11) is 0. The van der Waals surface area contributed by atoms with Crippen LogP contribution in [0.15, 0.2) is 65.9 Å². The second-order valence-corrected chi connectivity index (χ2v) is 5.95. The summed E-state index contributed by atoms with van der Waals surface area (Å²) < 4.78 is 0. The van der Waals surface area contributed by atoms with Gasteiger partial charge >= 0.3 is 0 Å². The van der Waals surface area contributed by atoms with Gasteiger partial charge in [0.25, 0.3) is 11.6 Å². The van der Waals surface area contributed by atoms with Crippen LogP contribution in [0.5, 0.6) is 0 Å². The molecule has 2 heterocycles. The number of para-hydroxylation sites is 1. The molecule has 7 heteroatoms. The molecule has 4 rings (SSSR count). The Kier molecular flexibility index (Phi) is 3.89. The fraction of sp³-hybridized carbons (Fsp3) is 0.105. The third kappa shape index (κ3) is 2.90. The summed E-state index contributed by atoms with van der Waals surface area (Å²) in [5.41, 5.74) is 2.87. The van der Waals surface area contributed by atoms with Gasteiger partial charge in [0.05, 0.1) is 28.3 Å². The number of benzene rings is 2. The molecule has 0 radical (unpaired) electrons. The van der Waals surface area contributed by atoms with E-state index >= 15 is 0 Å². The number of carbonyl (C=O) groups is 1. The van der Waals surface area contributed by atoms with Crippen LogP contribution in [0.2, 0.25) is 0 Å². The highest BCUT2D eigenvalue weighted by molar-refractivity contribution is 6.05. The molecule has 0 saturated heterocycles. The molecule has 1 aliphatic heterocycles. The number of nitrogens with zero attached hydrogens (tertiary/aromatic N) is 4. The molecule has 26 heavy (non-hydrogen) atoms. The molecule has 0 atom stereocenters. The lowest BCUT2D eigenvalue weighted by Gasteiger charge is -2.11. The van der Waals surface area contributed by atoms with E-state index in [4.69, 9.17) is 0 Å². The number of nitro benzene ring substituents is 1. The van der Waals surface area contributed by atoms with Crippen LogP contribution in [0.25, 0.3) is 10.9 Å². The summed E-state index contributed by atoms with van der Waals surface area (Å²) in [6, 6.07) is 15.6. The minimum absolute atomic E-state index is 0.0301. The number of hydrogen-bond donors (Lipinski definition) is 0. The predicted molar refractivity (Wildman–Crippen MR) is 97.0 cm³/mol. The first-order chi connectivity index (χ1) is 12.6. The summed E-state index contributed by atoms with van der Waals surface area (Å²) in [4.78, 5) is 27.3. The molecule has 2 aromatic carbocycles. The van der Waals surface area contributed by atoms with Gasteiger partial charge in [-0.25, -0.2) is 5.01 Å². The average molecular weight is 346 g/mol. The Morgan fingerprint density at radius 3 is 2.65 bits per heavy atom. The second-order valence-electron chi connectivity index (χ2n) is 5.95. The average Bonchev–Trinajstić information content (AvgIpc) is 3.17. The summed E-state index contributed by atoms with van der Waals surface area (Å²) in [5.74, 6) is -0.208. The number of aromatic nitrogens is 1. The topological polar surface area (TPSA) is 88.7 Å². The zero-order chi connectivity index (χ0) is 18.1. The van der Waals surface area contributed by atoms with E-state index in [0.717, 1.165) is 22.2 Å². The van der Waals surface area contributed by atoms with E-state index in [-0.39, 0.29) is 11.6 Å². The zero-order valence-corrected chi connectivity index (χ0v) is 13.7. The molecule has 0 aliphatic carbocycles. The van der Waals surface area contributed by atoms with Crippen molar-refractivity contribution >= 4 is 28.2 Å². The van der Waals surface area contributed by atoms with E-state index in [1.807, 2.05) is 30.3 Å². The fourth-order valence-electron chi connectivity index (χ4n) is 2.92. The van der Waals surface area contributed by atoms with Crippen LogP contribution in [-0.2, 0) is 0 Å². The Bertz CT molecular complexity index is 1040. The lowest BCUT2D eigenvalue weighted by Crippen LogP contribution is -2.23. The molecular weight excluding hydrogens is 332 g/mol. The van der Waals surface area contributed by atoms with Crippen molar-refractivity contribution in [2.75, 3.05) is 6.54 Å². The van der Waals surface area contributed by atoms with Gasteiger partial charge in [0, 0.05) is 30.1 Å². The first kappa shape index (κ1) is 15.9. The Hall–Kier alpha value is -3.61. The highest BCUT2D eigenvalue weighted by Gasteiger charge is 2.23. The summed E-state index contributed by atoms with van der Waals surface area (Å²) in [6.45, 7) is 0.470. The van der Waals surface area contributed by atoms with Gasteiger partial charge in [0.1, 0.15) is 0 Å². The highest BCUT2D eigenvalue weighted by Crippen LogP contribution is 2.20. The van der Waals surface area contributed by atoms with Crippen LogP contribution in [0.3, 0.4) is 0 Å². The molecule has 128 valence electrons. The molecule has 0 fully saturated rings. The second kappa shape index (κ2) is 6.36. The molecule has 0 N–H and O–H groups in total. The van der Waals surface area contributed by atoms with E-state index in [0.29, 0.717) is 18.5 Å². The standard InChI is InChI=1S/C19H14N4O3/c24-19(15-11-14-3-1-2-4-17(14)20-12-15)22-10-9-18(21-22)13-5-7-16(8-6-13)23(25)26/h1-8,11-12H,9-10H2. The van der Waals surface area contributed by atoms with Crippen LogP contribution in [-0.4, -0.2) is 33.1 Å². The van der Waals surface area contributed by atoms with E-state index in [9.17, 15) is 14.9 Å². The number of rotatable bonds is 3. The van der Waals surface area contributed by atoms with Crippen molar-refractivity contribution in [2.24, 2.45) is 5.10 Å².